The summed E-state index contributed by atoms with van der Waals surface area (Å²) in [6, 6.07) is 12.7. The Morgan fingerprint density at radius 1 is 1.07 bits per heavy atom. The molecule has 0 aliphatic heterocycles. The molecular weight excluding hydrogens is 359 g/mol. The van der Waals surface area contributed by atoms with Gasteiger partial charge in [0.25, 0.3) is 0 Å². The Morgan fingerprint density at radius 3 is 2.37 bits per heavy atom. The molecule has 3 aromatic rings. The van der Waals surface area contributed by atoms with E-state index in [4.69, 9.17) is 4.74 Å². The average Bonchev–Trinajstić information content (AvgIpc) is 3.03. The van der Waals surface area contributed by atoms with Crippen LogP contribution < -0.4 is 4.74 Å². The molecular formula is C20H16F3NO3. The van der Waals surface area contributed by atoms with Crippen molar-refractivity contribution >= 4 is 5.97 Å². The van der Waals surface area contributed by atoms with Crippen molar-refractivity contribution in [3.63, 3.8) is 0 Å². The van der Waals surface area contributed by atoms with E-state index in [9.17, 15) is 23.1 Å². The molecule has 4 nitrogen and oxygen atoms in total. The van der Waals surface area contributed by atoms with Gasteiger partial charge in [-0.15, -0.1) is 0 Å². The van der Waals surface area contributed by atoms with Gasteiger partial charge >= 0.3 is 12.1 Å². The number of methoxy groups -OCH3 is 1. The maximum Gasteiger partial charge on any atom is 0.432 e. The predicted molar refractivity (Wildman–Crippen MR) is 94.5 cm³/mol. The number of carbonyl (C=O) groups is 1. The van der Waals surface area contributed by atoms with Crippen molar-refractivity contribution in [2.45, 2.75) is 13.1 Å². The second-order valence-electron chi connectivity index (χ2n) is 5.96. The van der Waals surface area contributed by atoms with E-state index in [0.29, 0.717) is 16.9 Å². The van der Waals surface area contributed by atoms with Gasteiger partial charge in [-0.25, -0.2) is 4.79 Å². The Morgan fingerprint density at radius 2 is 1.78 bits per heavy atom. The fraction of sp³-hybridized carbons (Fsp3) is 0.150. The number of nitrogens with zero attached hydrogens (tertiary/aromatic N) is 1. The number of carboxylic acids is 1. The van der Waals surface area contributed by atoms with Gasteiger partial charge in [0.2, 0.25) is 0 Å². The molecule has 0 saturated heterocycles. The van der Waals surface area contributed by atoms with E-state index in [-0.39, 0.29) is 11.3 Å². The molecule has 140 valence electrons. The fourth-order valence-electron chi connectivity index (χ4n) is 3.04. The van der Waals surface area contributed by atoms with Crippen molar-refractivity contribution in [1.82, 2.24) is 4.57 Å². The van der Waals surface area contributed by atoms with Crippen molar-refractivity contribution in [3.05, 3.63) is 71.5 Å². The van der Waals surface area contributed by atoms with E-state index in [0.717, 1.165) is 4.57 Å². The zero-order valence-electron chi connectivity index (χ0n) is 14.5. The summed E-state index contributed by atoms with van der Waals surface area (Å²) in [6.45, 7) is 1.72. The molecule has 2 aromatic carbocycles. The third kappa shape index (κ3) is 3.40. The zero-order valence-corrected chi connectivity index (χ0v) is 14.5. The van der Waals surface area contributed by atoms with Crippen LogP contribution in [0.1, 0.15) is 21.6 Å². The van der Waals surface area contributed by atoms with Gasteiger partial charge in [0.1, 0.15) is 11.4 Å². The number of halogens is 3. The lowest BCUT2D eigenvalue weighted by Crippen LogP contribution is -2.17. The summed E-state index contributed by atoms with van der Waals surface area (Å²) in [5.41, 5.74) is -0.737. The highest BCUT2D eigenvalue weighted by atomic mass is 19.4. The number of carboxylic acid groups (broad SMARTS) is 1. The van der Waals surface area contributed by atoms with Crippen LogP contribution in [0.2, 0.25) is 0 Å². The largest absolute Gasteiger partial charge is 0.497 e. The number of hydrogen-bond donors (Lipinski definition) is 1. The van der Waals surface area contributed by atoms with Crippen molar-refractivity contribution < 1.29 is 27.8 Å². The monoisotopic (exact) mass is 375 g/mol. The summed E-state index contributed by atoms with van der Waals surface area (Å²) in [6.07, 6.45) is -3.65. The van der Waals surface area contributed by atoms with E-state index in [1.807, 2.05) is 0 Å². The Kier molecular flexibility index (Phi) is 4.70. The van der Waals surface area contributed by atoms with Crippen LogP contribution in [0.3, 0.4) is 0 Å². The number of aryl methyl sites for hydroxylation is 1. The predicted octanol–water partition coefficient (Wildman–Crippen LogP) is 5.18. The van der Waals surface area contributed by atoms with Crippen LogP contribution in [0.5, 0.6) is 5.75 Å². The van der Waals surface area contributed by atoms with Gasteiger partial charge < -0.3 is 14.4 Å². The molecule has 0 unspecified atom stereocenters. The summed E-state index contributed by atoms with van der Waals surface area (Å²) >= 11 is 0. The molecule has 0 radical (unpaired) electrons. The van der Waals surface area contributed by atoms with Gasteiger partial charge in [0.05, 0.1) is 12.7 Å². The fourth-order valence-corrected chi connectivity index (χ4v) is 3.04. The van der Waals surface area contributed by atoms with Crippen LogP contribution in [0.15, 0.2) is 54.7 Å². The molecule has 0 saturated carbocycles. The smallest absolute Gasteiger partial charge is 0.432 e. The maximum atomic E-state index is 13.9. The first-order valence-electron chi connectivity index (χ1n) is 8.00. The first-order chi connectivity index (χ1) is 12.7. The van der Waals surface area contributed by atoms with Gasteiger partial charge in [-0.1, -0.05) is 30.3 Å². The zero-order chi connectivity index (χ0) is 19.8. The number of aromatic nitrogens is 1. The Bertz CT molecular complexity index is 1010. The number of aromatic carboxylic acids is 1. The normalized spacial score (nSPS) is 11.4. The molecule has 27 heavy (non-hydrogen) atoms. The molecule has 0 spiro atoms. The summed E-state index contributed by atoms with van der Waals surface area (Å²) in [5, 5.41) is 9.59. The van der Waals surface area contributed by atoms with Crippen LogP contribution in [-0.4, -0.2) is 22.8 Å². The Labute approximate surface area is 153 Å². The van der Waals surface area contributed by atoms with E-state index in [1.165, 1.54) is 25.4 Å². The third-order valence-corrected chi connectivity index (χ3v) is 4.25. The highest BCUT2D eigenvalue weighted by Gasteiger charge is 2.42. The molecule has 0 aliphatic carbocycles. The third-order valence-electron chi connectivity index (χ3n) is 4.25. The van der Waals surface area contributed by atoms with Gasteiger partial charge in [-0.2, -0.15) is 13.2 Å². The quantitative estimate of drug-likeness (QED) is 0.684. The van der Waals surface area contributed by atoms with Crippen LogP contribution in [0.4, 0.5) is 13.2 Å². The second kappa shape index (κ2) is 6.83. The van der Waals surface area contributed by atoms with Crippen LogP contribution >= 0.6 is 0 Å². The molecule has 0 fully saturated rings. The second-order valence-corrected chi connectivity index (χ2v) is 5.96. The van der Waals surface area contributed by atoms with Crippen molar-refractivity contribution in [2.75, 3.05) is 7.11 Å². The lowest BCUT2D eigenvalue weighted by Gasteiger charge is -2.14. The topological polar surface area (TPSA) is 51.5 Å². The minimum atomic E-state index is -4.86. The number of benzene rings is 2. The van der Waals surface area contributed by atoms with Gasteiger partial charge in [0, 0.05) is 23.5 Å². The summed E-state index contributed by atoms with van der Waals surface area (Å²) in [5.74, 6) is -1.27. The van der Waals surface area contributed by atoms with Gasteiger partial charge in [0.15, 0.2) is 0 Å². The van der Waals surface area contributed by atoms with Crippen LogP contribution in [-0.2, 0) is 6.18 Å². The Balaban J connectivity index is 2.39. The minimum Gasteiger partial charge on any atom is -0.497 e. The average molecular weight is 375 g/mol. The minimum absolute atomic E-state index is 0.00995. The molecule has 1 heterocycles. The lowest BCUT2D eigenvalue weighted by molar-refractivity contribution is -0.142. The lowest BCUT2D eigenvalue weighted by atomic mass is 9.98. The van der Waals surface area contributed by atoms with Crippen molar-refractivity contribution in [2.24, 2.45) is 0 Å². The first kappa shape index (κ1) is 18.6. The summed E-state index contributed by atoms with van der Waals surface area (Å²) in [4.78, 5) is 11.8. The highest BCUT2D eigenvalue weighted by Crippen LogP contribution is 2.41. The van der Waals surface area contributed by atoms with Gasteiger partial charge in [-0.05, 0) is 30.2 Å². The van der Waals surface area contributed by atoms with E-state index < -0.39 is 23.4 Å². The van der Waals surface area contributed by atoms with E-state index >= 15 is 0 Å². The van der Waals surface area contributed by atoms with Crippen molar-refractivity contribution in [3.8, 4) is 22.6 Å². The number of alkyl halides is 3. The molecule has 0 amide bonds. The molecule has 0 atom stereocenters. The van der Waals surface area contributed by atoms with Crippen molar-refractivity contribution in [1.29, 1.82) is 0 Å². The van der Waals surface area contributed by atoms with E-state index in [1.54, 1.807) is 43.3 Å². The molecule has 0 bridgehead atoms. The molecule has 3 rings (SSSR count). The summed E-state index contributed by atoms with van der Waals surface area (Å²) in [7, 11) is 1.40. The van der Waals surface area contributed by atoms with E-state index in [2.05, 4.69) is 0 Å². The first-order valence-corrected chi connectivity index (χ1v) is 8.00. The maximum absolute atomic E-state index is 13.9. The number of rotatable bonds is 4. The SMILES string of the molecule is COc1cccc(-n2cc(-c3ccccc3C)c(C(=O)O)c2C(F)(F)F)c1. The molecule has 1 N–H and O–H groups in total. The summed E-state index contributed by atoms with van der Waals surface area (Å²) < 4.78 is 47.5. The number of hydrogen-bond acceptors (Lipinski definition) is 2. The molecule has 7 heteroatoms. The number of ether oxygens (including phenoxy) is 1. The van der Waals surface area contributed by atoms with Gasteiger partial charge in [-0.3, -0.25) is 0 Å². The Hall–Kier alpha value is -3.22. The van der Waals surface area contributed by atoms with Crippen LogP contribution in [0, 0.1) is 6.92 Å². The molecule has 1 aromatic heterocycles. The highest BCUT2D eigenvalue weighted by molar-refractivity contribution is 5.98. The van der Waals surface area contributed by atoms with Crippen LogP contribution in [0.25, 0.3) is 16.8 Å². The molecule has 0 aliphatic rings. The standard InChI is InChI=1S/C20H16F3NO3/c1-12-6-3-4-9-15(12)16-11-24(13-7-5-8-14(10-13)27-2)18(20(21,22)23)17(16)19(25)26/h3-11H,1-2H3,(H,25,26).